The number of carbonyl (C=O) groups is 3. The molecule has 0 aromatic carbocycles. The number of aromatic nitrogens is 1. The molecule has 1 aromatic heterocycles. The fourth-order valence-electron chi connectivity index (χ4n) is 3.05. The number of ether oxygens (including phenoxy) is 2. The van der Waals surface area contributed by atoms with Crippen LogP contribution in [-0.4, -0.2) is 74.0 Å². The molecule has 10 heteroatoms. The van der Waals surface area contributed by atoms with Gasteiger partial charge in [-0.1, -0.05) is 0 Å². The molecule has 1 N–H and O–H groups in total. The normalized spacial score (nSPS) is 18.1. The van der Waals surface area contributed by atoms with E-state index in [9.17, 15) is 22.8 Å². The van der Waals surface area contributed by atoms with Gasteiger partial charge in [-0.05, 0) is 32.8 Å². The molecular weight excluding hydrogens is 376 g/mol. The Morgan fingerprint density at radius 3 is 2.41 bits per heavy atom. The van der Waals surface area contributed by atoms with Crippen LogP contribution < -0.4 is 0 Å². The molecule has 0 radical (unpaired) electrons. The number of hydrogen-bond acceptors (Lipinski definition) is 7. The Bertz CT molecular complexity index is 857. The molecule has 1 amide bonds. The van der Waals surface area contributed by atoms with Crippen molar-refractivity contribution < 1.29 is 32.3 Å². The number of esters is 2. The first kappa shape index (κ1) is 20.9. The van der Waals surface area contributed by atoms with E-state index in [0.29, 0.717) is 17.7 Å². The standard InChI is InChI=1S/C17H24N2O7S/c1-5-25-16(21)14-10(2)15(18-11(14)3)17(22)26-8-13(20)19(4)12-6-7-27(23,24)9-12/h12,18H,5-9H2,1-4H3/t12-/m1/s1. The summed E-state index contributed by atoms with van der Waals surface area (Å²) in [6.07, 6.45) is 0.371. The lowest BCUT2D eigenvalue weighted by atomic mass is 10.1. The van der Waals surface area contributed by atoms with E-state index < -0.39 is 40.3 Å². The van der Waals surface area contributed by atoms with E-state index >= 15 is 0 Å². The van der Waals surface area contributed by atoms with Gasteiger partial charge in [0.05, 0.1) is 23.7 Å². The van der Waals surface area contributed by atoms with Crippen molar-refractivity contribution in [3.63, 3.8) is 0 Å². The molecule has 1 atom stereocenters. The maximum Gasteiger partial charge on any atom is 0.355 e. The van der Waals surface area contributed by atoms with E-state index in [2.05, 4.69) is 4.98 Å². The van der Waals surface area contributed by atoms with Gasteiger partial charge in [0, 0.05) is 18.8 Å². The topological polar surface area (TPSA) is 123 Å². The number of sulfone groups is 1. The van der Waals surface area contributed by atoms with Crippen molar-refractivity contribution >= 4 is 27.7 Å². The largest absolute Gasteiger partial charge is 0.462 e. The third kappa shape index (κ3) is 4.68. The molecule has 0 unspecified atom stereocenters. The monoisotopic (exact) mass is 400 g/mol. The number of carbonyl (C=O) groups excluding carboxylic acids is 3. The first-order valence-electron chi connectivity index (χ1n) is 8.56. The highest BCUT2D eigenvalue weighted by Crippen LogP contribution is 2.20. The minimum Gasteiger partial charge on any atom is -0.462 e. The Kier molecular flexibility index (Phi) is 6.30. The molecule has 2 heterocycles. The molecule has 1 fully saturated rings. The van der Waals surface area contributed by atoms with Crippen LogP contribution in [0.2, 0.25) is 0 Å². The van der Waals surface area contributed by atoms with Crippen molar-refractivity contribution in [3.8, 4) is 0 Å². The van der Waals surface area contributed by atoms with Gasteiger partial charge >= 0.3 is 11.9 Å². The van der Waals surface area contributed by atoms with Gasteiger partial charge in [0.2, 0.25) is 0 Å². The van der Waals surface area contributed by atoms with Crippen LogP contribution in [0.25, 0.3) is 0 Å². The highest BCUT2D eigenvalue weighted by molar-refractivity contribution is 7.91. The minimum atomic E-state index is -3.12. The number of amides is 1. The molecule has 0 spiro atoms. The average molecular weight is 400 g/mol. The van der Waals surface area contributed by atoms with Gasteiger partial charge in [0.1, 0.15) is 5.69 Å². The lowest BCUT2D eigenvalue weighted by Crippen LogP contribution is -2.40. The number of H-pyrrole nitrogens is 1. The summed E-state index contributed by atoms with van der Waals surface area (Å²) in [4.78, 5) is 40.6. The number of aromatic amines is 1. The molecule has 0 bridgehead atoms. The van der Waals surface area contributed by atoms with Crippen LogP contribution in [-0.2, 0) is 24.1 Å². The van der Waals surface area contributed by atoms with Crippen molar-refractivity contribution in [2.24, 2.45) is 0 Å². The second-order valence-corrected chi connectivity index (χ2v) is 8.71. The molecule has 1 aliphatic rings. The molecule has 1 aliphatic heterocycles. The zero-order valence-corrected chi connectivity index (χ0v) is 16.6. The van der Waals surface area contributed by atoms with Crippen molar-refractivity contribution in [2.45, 2.75) is 33.2 Å². The molecule has 1 aromatic rings. The van der Waals surface area contributed by atoms with Crippen LogP contribution in [0.4, 0.5) is 0 Å². The SMILES string of the molecule is CCOC(=O)c1c(C)[nH]c(C(=O)OCC(=O)N(C)[C@@H]2CCS(=O)(=O)C2)c1C. The number of hydrogen-bond donors (Lipinski definition) is 1. The Hall–Kier alpha value is -2.36. The number of aryl methyl sites for hydroxylation is 1. The number of nitrogens with one attached hydrogen (secondary N) is 1. The smallest absolute Gasteiger partial charge is 0.355 e. The maximum atomic E-state index is 12.3. The molecule has 150 valence electrons. The number of nitrogens with zero attached hydrogens (tertiary/aromatic N) is 1. The highest BCUT2D eigenvalue weighted by Gasteiger charge is 2.33. The highest BCUT2D eigenvalue weighted by atomic mass is 32.2. The van der Waals surface area contributed by atoms with Crippen molar-refractivity contribution in [2.75, 3.05) is 31.8 Å². The van der Waals surface area contributed by atoms with Gasteiger partial charge in [0.25, 0.3) is 5.91 Å². The maximum absolute atomic E-state index is 12.3. The third-order valence-corrected chi connectivity index (χ3v) is 6.35. The van der Waals surface area contributed by atoms with Crippen LogP contribution in [0.5, 0.6) is 0 Å². The molecule has 0 saturated carbocycles. The Morgan fingerprint density at radius 1 is 1.19 bits per heavy atom. The van der Waals surface area contributed by atoms with Crippen LogP contribution in [0, 0.1) is 13.8 Å². The predicted molar refractivity (Wildman–Crippen MR) is 96.3 cm³/mol. The van der Waals surface area contributed by atoms with E-state index in [-0.39, 0.29) is 29.4 Å². The van der Waals surface area contributed by atoms with E-state index in [1.807, 2.05) is 0 Å². The Balaban J connectivity index is 2.00. The van der Waals surface area contributed by atoms with Gasteiger partial charge in [-0.2, -0.15) is 0 Å². The van der Waals surface area contributed by atoms with Crippen molar-refractivity contribution in [1.82, 2.24) is 9.88 Å². The molecule has 9 nitrogen and oxygen atoms in total. The summed E-state index contributed by atoms with van der Waals surface area (Å²) in [5.74, 6) is -1.83. The average Bonchev–Trinajstić information content (AvgIpc) is 3.10. The first-order valence-corrected chi connectivity index (χ1v) is 10.4. The number of rotatable bonds is 6. The van der Waals surface area contributed by atoms with Gasteiger partial charge in [-0.3, -0.25) is 4.79 Å². The zero-order chi connectivity index (χ0) is 20.4. The molecule has 27 heavy (non-hydrogen) atoms. The molecule has 0 aliphatic carbocycles. The summed E-state index contributed by atoms with van der Waals surface area (Å²) in [5, 5.41) is 0. The van der Waals surface area contributed by atoms with Gasteiger partial charge < -0.3 is 19.4 Å². The van der Waals surface area contributed by atoms with Crippen LogP contribution >= 0.6 is 0 Å². The lowest BCUT2D eigenvalue weighted by Gasteiger charge is -2.23. The fraction of sp³-hybridized carbons (Fsp3) is 0.588. The summed E-state index contributed by atoms with van der Waals surface area (Å²) >= 11 is 0. The molecule has 2 rings (SSSR count). The second kappa shape index (κ2) is 8.12. The van der Waals surface area contributed by atoms with Crippen molar-refractivity contribution in [1.29, 1.82) is 0 Å². The summed E-state index contributed by atoms with van der Waals surface area (Å²) < 4.78 is 33.1. The molecular formula is C17H24N2O7S. The van der Waals surface area contributed by atoms with Crippen LogP contribution in [0.3, 0.4) is 0 Å². The summed E-state index contributed by atoms with van der Waals surface area (Å²) in [5.41, 5.74) is 1.20. The Labute approximate surface area is 157 Å². The van der Waals surface area contributed by atoms with Gasteiger partial charge in [0.15, 0.2) is 16.4 Å². The van der Waals surface area contributed by atoms with Crippen molar-refractivity contribution in [3.05, 3.63) is 22.5 Å². The summed E-state index contributed by atoms with van der Waals surface area (Å²) in [6.45, 7) is 4.60. The Morgan fingerprint density at radius 2 is 1.85 bits per heavy atom. The minimum absolute atomic E-state index is 0.0483. The summed E-state index contributed by atoms with van der Waals surface area (Å²) in [7, 11) is -1.63. The summed E-state index contributed by atoms with van der Waals surface area (Å²) in [6, 6.07) is -0.411. The van der Waals surface area contributed by atoms with E-state index in [0.717, 1.165) is 0 Å². The van der Waals surface area contributed by atoms with Gasteiger partial charge in [-0.25, -0.2) is 18.0 Å². The van der Waals surface area contributed by atoms with Gasteiger partial charge in [-0.15, -0.1) is 0 Å². The quantitative estimate of drug-likeness (QED) is 0.694. The lowest BCUT2D eigenvalue weighted by molar-refractivity contribution is -0.134. The second-order valence-electron chi connectivity index (χ2n) is 6.48. The van der Waals surface area contributed by atoms with E-state index in [1.54, 1.807) is 20.8 Å². The zero-order valence-electron chi connectivity index (χ0n) is 15.8. The van der Waals surface area contributed by atoms with E-state index in [4.69, 9.17) is 9.47 Å². The van der Waals surface area contributed by atoms with Crippen LogP contribution in [0.1, 0.15) is 45.4 Å². The first-order chi connectivity index (χ1) is 12.6. The van der Waals surface area contributed by atoms with E-state index in [1.165, 1.54) is 11.9 Å². The third-order valence-electron chi connectivity index (χ3n) is 4.60. The fourth-order valence-corrected chi connectivity index (χ4v) is 4.82. The number of likely N-dealkylation sites (N-methyl/N-ethyl adjacent to an activating group) is 1. The predicted octanol–water partition coefficient (Wildman–Crippen LogP) is 0.611. The van der Waals surface area contributed by atoms with Crippen LogP contribution in [0.15, 0.2) is 0 Å². The molecule has 1 saturated heterocycles.